The maximum absolute atomic E-state index is 11.7. The molecule has 0 heterocycles. The van der Waals surface area contributed by atoms with Gasteiger partial charge in [-0.2, -0.15) is 0 Å². The molecule has 0 saturated carbocycles. The van der Waals surface area contributed by atoms with Crippen LogP contribution in [0.15, 0.2) is 0 Å². The smallest absolute Gasteiger partial charge is 0.211 e. The molecule has 6 heteroatoms. The van der Waals surface area contributed by atoms with Crippen molar-refractivity contribution in [2.75, 3.05) is 39.5 Å². The van der Waals surface area contributed by atoms with E-state index in [0.717, 1.165) is 32.4 Å². The maximum Gasteiger partial charge on any atom is 0.211 e. The summed E-state index contributed by atoms with van der Waals surface area (Å²) in [5, 5.41) is 3.28. The maximum atomic E-state index is 11.7. The van der Waals surface area contributed by atoms with E-state index < -0.39 is 10.0 Å². The molecule has 0 aliphatic carbocycles. The standard InChI is InChI=1S/C13H31N3O2S/c1-13(2)14-9-6-8-12-19(17,18)15-10-5-7-11-16(3)4/h13-15H,5-12H2,1-4H3. The Morgan fingerprint density at radius 3 is 2.21 bits per heavy atom. The van der Waals surface area contributed by atoms with E-state index in [1.54, 1.807) is 0 Å². The summed E-state index contributed by atoms with van der Waals surface area (Å²) < 4.78 is 26.0. The highest BCUT2D eigenvalue weighted by Crippen LogP contribution is 1.96. The summed E-state index contributed by atoms with van der Waals surface area (Å²) in [6.45, 7) is 6.62. The average molecular weight is 293 g/mol. The quantitative estimate of drug-likeness (QED) is 0.528. The number of hydrogen-bond donors (Lipinski definition) is 2. The van der Waals surface area contributed by atoms with Gasteiger partial charge in [0, 0.05) is 12.6 Å². The Balaban J connectivity index is 3.53. The number of nitrogens with one attached hydrogen (secondary N) is 2. The normalized spacial score (nSPS) is 12.5. The van der Waals surface area contributed by atoms with Crippen molar-refractivity contribution < 1.29 is 8.42 Å². The van der Waals surface area contributed by atoms with E-state index in [9.17, 15) is 8.42 Å². The third-order valence-corrected chi connectivity index (χ3v) is 4.22. The molecular formula is C13H31N3O2S. The van der Waals surface area contributed by atoms with Gasteiger partial charge < -0.3 is 10.2 Å². The van der Waals surface area contributed by atoms with Gasteiger partial charge in [0.25, 0.3) is 0 Å². The Kier molecular flexibility index (Phi) is 10.5. The van der Waals surface area contributed by atoms with Crippen molar-refractivity contribution in [3.63, 3.8) is 0 Å². The van der Waals surface area contributed by atoms with E-state index in [2.05, 4.69) is 28.8 Å². The van der Waals surface area contributed by atoms with E-state index in [1.807, 2.05) is 14.1 Å². The van der Waals surface area contributed by atoms with Gasteiger partial charge in [-0.1, -0.05) is 13.8 Å². The third-order valence-electron chi connectivity index (χ3n) is 2.75. The van der Waals surface area contributed by atoms with Crippen molar-refractivity contribution in [2.45, 2.75) is 45.6 Å². The number of hydrogen-bond acceptors (Lipinski definition) is 4. The molecule has 0 aromatic carbocycles. The first kappa shape index (κ1) is 18.8. The monoisotopic (exact) mass is 293 g/mol. The zero-order valence-electron chi connectivity index (χ0n) is 12.9. The van der Waals surface area contributed by atoms with Crippen LogP contribution in [-0.4, -0.2) is 58.8 Å². The van der Waals surface area contributed by atoms with Crippen LogP contribution in [0.1, 0.15) is 39.5 Å². The van der Waals surface area contributed by atoms with Gasteiger partial charge in [-0.15, -0.1) is 0 Å². The second kappa shape index (κ2) is 10.6. The molecule has 0 bridgehead atoms. The SMILES string of the molecule is CC(C)NCCCCS(=O)(=O)NCCCCN(C)C. The van der Waals surface area contributed by atoms with Crippen LogP contribution in [-0.2, 0) is 10.0 Å². The van der Waals surface area contributed by atoms with Crippen LogP contribution in [0.5, 0.6) is 0 Å². The van der Waals surface area contributed by atoms with Crippen LogP contribution in [0.3, 0.4) is 0 Å². The zero-order valence-corrected chi connectivity index (χ0v) is 13.7. The Morgan fingerprint density at radius 1 is 1.00 bits per heavy atom. The highest BCUT2D eigenvalue weighted by molar-refractivity contribution is 7.89. The first-order valence-corrected chi connectivity index (χ1v) is 8.84. The topological polar surface area (TPSA) is 61.4 Å². The molecule has 0 unspecified atom stereocenters. The Morgan fingerprint density at radius 2 is 1.63 bits per heavy atom. The van der Waals surface area contributed by atoms with Crippen LogP contribution in [0.2, 0.25) is 0 Å². The zero-order chi connectivity index (χ0) is 14.7. The van der Waals surface area contributed by atoms with Crippen molar-refractivity contribution in [1.82, 2.24) is 14.9 Å². The molecule has 0 spiro atoms. The lowest BCUT2D eigenvalue weighted by atomic mass is 10.3. The summed E-state index contributed by atoms with van der Waals surface area (Å²) in [5.74, 6) is 0.237. The minimum atomic E-state index is -3.07. The fraction of sp³-hybridized carbons (Fsp3) is 1.00. The largest absolute Gasteiger partial charge is 0.315 e. The second-order valence-corrected chi connectivity index (χ2v) is 7.47. The van der Waals surface area contributed by atoms with Crippen molar-refractivity contribution in [3.8, 4) is 0 Å². The van der Waals surface area contributed by atoms with E-state index >= 15 is 0 Å². The number of sulfonamides is 1. The van der Waals surface area contributed by atoms with Gasteiger partial charge in [0.05, 0.1) is 5.75 Å². The summed E-state index contributed by atoms with van der Waals surface area (Å²) in [7, 11) is 0.972. The average Bonchev–Trinajstić information content (AvgIpc) is 2.27. The van der Waals surface area contributed by atoms with Crippen LogP contribution in [0.25, 0.3) is 0 Å². The van der Waals surface area contributed by atoms with Crippen molar-refractivity contribution in [1.29, 1.82) is 0 Å². The summed E-state index contributed by atoms with van der Waals surface area (Å²) in [6, 6.07) is 0.464. The van der Waals surface area contributed by atoms with Gasteiger partial charge in [-0.25, -0.2) is 13.1 Å². The van der Waals surface area contributed by atoms with Gasteiger partial charge in [0.15, 0.2) is 0 Å². The second-order valence-electron chi connectivity index (χ2n) is 5.54. The molecule has 0 aromatic heterocycles. The van der Waals surface area contributed by atoms with Crippen LogP contribution in [0.4, 0.5) is 0 Å². The molecule has 0 rings (SSSR count). The molecule has 0 saturated heterocycles. The predicted molar refractivity (Wildman–Crippen MR) is 82.0 cm³/mol. The molecule has 0 amide bonds. The third kappa shape index (κ3) is 14.1. The van der Waals surface area contributed by atoms with E-state index in [4.69, 9.17) is 0 Å². The molecule has 0 aromatic rings. The molecule has 2 N–H and O–H groups in total. The van der Waals surface area contributed by atoms with Gasteiger partial charge in [0.2, 0.25) is 10.0 Å². The summed E-state index contributed by atoms with van der Waals surface area (Å²) >= 11 is 0. The van der Waals surface area contributed by atoms with Gasteiger partial charge in [-0.05, 0) is 52.9 Å². The van der Waals surface area contributed by atoms with E-state index in [1.165, 1.54) is 0 Å². The summed E-state index contributed by atoms with van der Waals surface area (Å²) in [5.41, 5.74) is 0. The Hall–Kier alpha value is -0.170. The molecule has 19 heavy (non-hydrogen) atoms. The van der Waals surface area contributed by atoms with Crippen LogP contribution < -0.4 is 10.0 Å². The van der Waals surface area contributed by atoms with Crippen molar-refractivity contribution in [2.24, 2.45) is 0 Å². The highest BCUT2D eigenvalue weighted by Gasteiger charge is 2.08. The first-order chi connectivity index (χ1) is 8.83. The first-order valence-electron chi connectivity index (χ1n) is 7.19. The van der Waals surface area contributed by atoms with Crippen molar-refractivity contribution in [3.05, 3.63) is 0 Å². The van der Waals surface area contributed by atoms with Gasteiger partial charge in [-0.3, -0.25) is 0 Å². The summed E-state index contributed by atoms with van der Waals surface area (Å²) in [4.78, 5) is 2.11. The molecule has 5 nitrogen and oxygen atoms in total. The number of unbranched alkanes of at least 4 members (excludes halogenated alkanes) is 2. The Labute approximate surface area is 119 Å². The molecule has 0 atom stereocenters. The minimum Gasteiger partial charge on any atom is -0.315 e. The van der Waals surface area contributed by atoms with Crippen LogP contribution in [0, 0.1) is 0 Å². The molecular weight excluding hydrogens is 262 g/mol. The molecule has 0 aliphatic rings. The van der Waals surface area contributed by atoms with Crippen molar-refractivity contribution >= 4 is 10.0 Å². The number of rotatable bonds is 12. The fourth-order valence-electron chi connectivity index (χ4n) is 1.66. The fourth-order valence-corrected chi connectivity index (χ4v) is 2.84. The van der Waals surface area contributed by atoms with Gasteiger partial charge >= 0.3 is 0 Å². The lowest BCUT2D eigenvalue weighted by Gasteiger charge is -2.10. The predicted octanol–water partition coefficient (Wildman–Crippen LogP) is 1.03. The van der Waals surface area contributed by atoms with E-state index in [-0.39, 0.29) is 5.75 Å². The highest BCUT2D eigenvalue weighted by atomic mass is 32.2. The lowest BCUT2D eigenvalue weighted by molar-refractivity contribution is 0.394. The van der Waals surface area contributed by atoms with Crippen LogP contribution >= 0.6 is 0 Å². The minimum absolute atomic E-state index is 0.237. The van der Waals surface area contributed by atoms with E-state index in [0.29, 0.717) is 19.0 Å². The molecule has 0 fully saturated rings. The molecule has 0 aliphatic heterocycles. The molecule has 116 valence electrons. The summed E-state index contributed by atoms with van der Waals surface area (Å²) in [6.07, 6.45) is 3.53. The van der Waals surface area contributed by atoms with Gasteiger partial charge in [0.1, 0.15) is 0 Å². The number of nitrogens with zero attached hydrogens (tertiary/aromatic N) is 1. The lowest BCUT2D eigenvalue weighted by Crippen LogP contribution is -2.29. The molecule has 0 radical (unpaired) electrons. The Bertz CT molecular complexity index is 279.